The second-order valence-corrected chi connectivity index (χ2v) is 6.90. The molecule has 0 saturated heterocycles. The normalized spacial score (nSPS) is 23.6. The number of carbonyl (C=O) groups is 1. The number of amides is 1. The SMILES string of the molecule is NCC1(C(=O)NC2CCSc3ccc(Cl)cc32)CC1. The largest absolute Gasteiger partial charge is 0.349 e. The van der Waals surface area contributed by atoms with Crippen LogP contribution in [0.4, 0.5) is 0 Å². The molecule has 19 heavy (non-hydrogen) atoms. The van der Waals surface area contributed by atoms with E-state index in [1.54, 1.807) is 0 Å². The van der Waals surface area contributed by atoms with Gasteiger partial charge >= 0.3 is 0 Å². The van der Waals surface area contributed by atoms with Crippen molar-refractivity contribution in [3.05, 3.63) is 28.8 Å². The van der Waals surface area contributed by atoms with Crippen molar-refractivity contribution in [3.8, 4) is 0 Å². The second kappa shape index (κ2) is 5.00. The number of hydrogen-bond acceptors (Lipinski definition) is 3. The van der Waals surface area contributed by atoms with E-state index >= 15 is 0 Å². The van der Waals surface area contributed by atoms with Crippen LogP contribution < -0.4 is 11.1 Å². The molecule has 3 rings (SSSR count). The minimum absolute atomic E-state index is 0.0754. The van der Waals surface area contributed by atoms with Gasteiger partial charge in [-0.15, -0.1) is 11.8 Å². The summed E-state index contributed by atoms with van der Waals surface area (Å²) in [6.45, 7) is 0.447. The molecule has 2 aliphatic rings. The van der Waals surface area contributed by atoms with Gasteiger partial charge in [0.15, 0.2) is 0 Å². The smallest absolute Gasteiger partial charge is 0.227 e. The molecule has 3 nitrogen and oxygen atoms in total. The van der Waals surface area contributed by atoms with Crippen LogP contribution in [0.5, 0.6) is 0 Å². The average Bonchev–Trinajstić information content (AvgIpc) is 3.20. The maximum absolute atomic E-state index is 12.3. The lowest BCUT2D eigenvalue weighted by molar-refractivity contribution is -0.126. The lowest BCUT2D eigenvalue weighted by atomic mass is 10.0. The van der Waals surface area contributed by atoms with Crippen molar-refractivity contribution in [1.82, 2.24) is 5.32 Å². The van der Waals surface area contributed by atoms with Gasteiger partial charge in [0.2, 0.25) is 5.91 Å². The van der Waals surface area contributed by atoms with Gasteiger partial charge in [0, 0.05) is 22.2 Å². The minimum atomic E-state index is -0.288. The Morgan fingerprint density at radius 3 is 3.00 bits per heavy atom. The highest BCUT2D eigenvalue weighted by Gasteiger charge is 2.49. The van der Waals surface area contributed by atoms with Gasteiger partial charge in [-0.05, 0) is 43.0 Å². The Labute approximate surface area is 122 Å². The van der Waals surface area contributed by atoms with Crippen molar-refractivity contribution in [1.29, 1.82) is 0 Å². The van der Waals surface area contributed by atoms with Crippen LogP contribution in [0.1, 0.15) is 30.9 Å². The van der Waals surface area contributed by atoms with Crippen LogP contribution in [0.2, 0.25) is 5.02 Å². The van der Waals surface area contributed by atoms with Gasteiger partial charge in [-0.3, -0.25) is 4.79 Å². The van der Waals surface area contributed by atoms with Crippen molar-refractivity contribution >= 4 is 29.3 Å². The van der Waals surface area contributed by atoms with E-state index in [0.717, 1.165) is 35.6 Å². The third-order valence-electron chi connectivity index (χ3n) is 4.04. The van der Waals surface area contributed by atoms with Crippen LogP contribution in [0.25, 0.3) is 0 Å². The van der Waals surface area contributed by atoms with E-state index in [4.69, 9.17) is 17.3 Å². The molecule has 0 spiro atoms. The van der Waals surface area contributed by atoms with Gasteiger partial charge in [0.1, 0.15) is 0 Å². The molecule has 1 heterocycles. The quantitative estimate of drug-likeness (QED) is 0.902. The fourth-order valence-corrected chi connectivity index (χ4v) is 3.79. The van der Waals surface area contributed by atoms with E-state index in [0.29, 0.717) is 6.54 Å². The molecule has 1 aromatic rings. The summed E-state index contributed by atoms with van der Waals surface area (Å²) in [6.07, 6.45) is 2.78. The predicted octanol–water partition coefficient (Wildman–Crippen LogP) is 2.73. The molecule has 3 N–H and O–H groups in total. The zero-order chi connectivity index (χ0) is 13.5. The summed E-state index contributed by atoms with van der Waals surface area (Å²) in [5, 5.41) is 3.89. The molecule has 1 aromatic carbocycles. The fourth-order valence-electron chi connectivity index (χ4n) is 2.50. The van der Waals surface area contributed by atoms with Gasteiger partial charge in [0.25, 0.3) is 0 Å². The number of halogens is 1. The topological polar surface area (TPSA) is 55.1 Å². The van der Waals surface area contributed by atoms with Crippen molar-refractivity contribution in [2.45, 2.75) is 30.2 Å². The molecular formula is C14H17ClN2OS. The number of fused-ring (bicyclic) bond motifs is 1. The average molecular weight is 297 g/mol. The molecule has 0 radical (unpaired) electrons. The minimum Gasteiger partial charge on any atom is -0.349 e. The number of rotatable bonds is 3. The van der Waals surface area contributed by atoms with Crippen molar-refractivity contribution in [3.63, 3.8) is 0 Å². The molecule has 0 bridgehead atoms. The van der Waals surface area contributed by atoms with E-state index in [1.165, 1.54) is 4.90 Å². The highest BCUT2D eigenvalue weighted by atomic mass is 35.5. The Kier molecular flexibility index (Phi) is 3.50. The summed E-state index contributed by atoms with van der Waals surface area (Å²) in [5.41, 5.74) is 6.56. The summed E-state index contributed by atoms with van der Waals surface area (Å²) < 4.78 is 0. The number of thioether (sulfide) groups is 1. The van der Waals surface area contributed by atoms with E-state index in [1.807, 2.05) is 30.0 Å². The van der Waals surface area contributed by atoms with Gasteiger partial charge in [-0.25, -0.2) is 0 Å². The summed E-state index contributed by atoms with van der Waals surface area (Å²) >= 11 is 7.89. The molecule has 102 valence electrons. The van der Waals surface area contributed by atoms with E-state index in [2.05, 4.69) is 5.32 Å². The van der Waals surface area contributed by atoms with E-state index in [9.17, 15) is 4.79 Å². The fraction of sp³-hybridized carbons (Fsp3) is 0.500. The molecule has 1 saturated carbocycles. The maximum Gasteiger partial charge on any atom is 0.227 e. The third kappa shape index (κ3) is 2.49. The van der Waals surface area contributed by atoms with E-state index < -0.39 is 0 Å². The molecule has 5 heteroatoms. The Bertz CT molecular complexity index is 516. The third-order valence-corrected chi connectivity index (χ3v) is 5.40. The first kappa shape index (κ1) is 13.3. The first-order valence-corrected chi connectivity index (χ1v) is 7.94. The Hall–Kier alpha value is -0.710. The molecule has 1 fully saturated rings. The van der Waals surface area contributed by atoms with Crippen LogP contribution >= 0.6 is 23.4 Å². The summed E-state index contributed by atoms with van der Waals surface area (Å²) in [4.78, 5) is 13.5. The van der Waals surface area contributed by atoms with Crippen molar-refractivity contribution in [2.24, 2.45) is 11.1 Å². The molecule has 1 unspecified atom stereocenters. The first-order valence-electron chi connectivity index (χ1n) is 6.58. The molecular weight excluding hydrogens is 280 g/mol. The number of nitrogens with one attached hydrogen (secondary N) is 1. The van der Waals surface area contributed by atoms with Crippen LogP contribution in [-0.4, -0.2) is 18.2 Å². The molecule has 0 aromatic heterocycles. The number of hydrogen-bond donors (Lipinski definition) is 2. The predicted molar refractivity (Wildman–Crippen MR) is 78.4 cm³/mol. The highest BCUT2D eigenvalue weighted by Crippen LogP contribution is 2.46. The van der Waals surface area contributed by atoms with Crippen molar-refractivity contribution < 1.29 is 4.79 Å². The van der Waals surface area contributed by atoms with Crippen LogP contribution in [0, 0.1) is 5.41 Å². The van der Waals surface area contributed by atoms with Crippen LogP contribution in [0.3, 0.4) is 0 Å². The van der Waals surface area contributed by atoms with Crippen LogP contribution in [0.15, 0.2) is 23.1 Å². The first-order chi connectivity index (χ1) is 9.14. The van der Waals surface area contributed by atoms with Crippen LogP contribution in [-0.2, 0) is 4.79 Å². The molecule has 1 aliphatic carbocycles. The summed E-state index contributed by atoms with van der Waals surface area (Å²) in [6, 6.07) is 5.98. The summed E-state index contributed by atoms with van der Waals surface area (Å²) in [7, 11) is 0. The highest BCUT2D eigenvalue weighted by molar-refractivity contribution is 7.99. The van der Waals surface area contributed by atoms with Crippen molar-refractivity contribution in [2.75, 3.05) is 12.3 Å². The molecule has 1 atom stereocenters. The standard InChI is InChI=1S/C14H17ClN2OS/c15-9-1-2-12-10(7-9)11(3-6-19-12)17-13(18)14(8-16)4-5-14/h1-2,7,11H,3-6,8,16H2,(H,17,18). The maximum atomic E-state index is 12.3. The Morgan fingerprint density at radius 2 is 2.32 bits per heavy atom. The lowest BCUT2D eigenvalue weighted by Gasteiger charge is -2.27. The van der Waals surface area contributed by atoms with Gasteiger partial charge in [-0.1, -0.05) is 11.6 Å². The molecule has 1 amide bonds. The number of benzene rings is 1. The zero-order valence-electron chi connectivity index (χ0n) is 10.6. The second-order valence-electron chi connectivity index (χ2n) is 5.33. The number of nitrogens with two attached hydrogens (primary N) is 1. The van der Waals surface area contributed by atoms with Gasteiger partial charge in [-0.2, -0.15) is 0 Å². The van der Waals surface area contributed by atoms with Gasteiger partial charge in [0.05, 0.1) is 11.5 Å². The van der Waals surface area contributed by atoms with Gasteiger partial charge < -0.3 is 11.1 Å². The zero-order valence-corrected chi connectivity index (χ0v) is 12.2. The lowest BCUT2D eigenvalue weighted by Crippen LogP contribution is -2.39. The molecule has 1 aliphatic heterocycles. The number of carbonyl (C=O) groups excluding carboxylic acids is 1. The monoisotopic (exact) mass is 296 g/mol. The van der Waals surface area contributed by atoms with E-state index in [-0.39, 0.29) is 17.4 Å². The Balaban J connectivity index is 1.80. The Morgan fingerprint density at radius 1 is 1.53 bits per heavy atom. The summed E-state index contributed by atoms with van der Waals surface area (Å²) in [5.74, 6) is 1.13.